The van der Waals surface area contributed by atoms with Crippen LogP contribution in [0.15, 0.2) is 78.9 Å². The molecule has 2 aliphatic rings. The number of allylic oxidation sites excluding steroid dienone is 2. The van der Waals surface area contributed by atoms with Gasteiger partial charge in [0.25, 0.3) is 0 Å². The molecule has 2 atom stereocenters. The lowest BCUT2D eigenvalue weighted by atomic mass is 9.75. The first-order valence-electron chi connectivity index (χ1n) is 13.7. The normalized spacial score (nSPS) is 20.0. The fourth-order valence-corrected chi connectivity index (χ4v) is 6.23. The molecule has 0 N–H and O–H groups in total. The highest BCUT2D eigenvalue weighted by Crippen LogP contribution is 2.46. The summed E-state index contributed by atoms with van der Waals surface area (Å²) in [6.45, 7) is 1.60. The maximum Gasteiger partial charge on any atom is 0.159 e. The molecule has 0 spiro atoms. The summed E-state index contributed by atoms with van der Waals surface area (Å²) in [6.07, 6.45) is 10.1. The number of halogens is 1. The first-order chi connectivity index (χ1) is 18.0. The maximum atomic E-state index is 13.9. The third-order valence-corrected chi connectivity index (χ3v) is 8.28. The number of carbonyl (C=O) groups excluding carboxylic acids is 2. The van der Waals surface area contributed by atoms with E-state index in [2.05, 4.69) is 36.4 Å². The van der Waals surface area contributed by atoms with Gasteiger partial charge in [0.15, 0.2) is 5.78 Å². The summed E-state index contributed by atoms with van der Waals surface area (Å²) in [5.74, 6) is 0.307. The number of benzene rings is 3. The van der Waals surface area contributed by atoms with Crippen LogP contribution in [0.1, 0.15) is 84.0 Å². The van der Waals surface area contributed by atoms with Crippen molar-refractivity contribution < 1.29 is 14.0 Å². The van der Waals surface area contributed by atoms with Crippen LogP contribution in [0.4, 0.5) is 4.39 Å². The van der Waals surface area contributed by atoms with Gasteiger partial charge in [0.1, 0.15) is 11.6 Å². The average molecular weight is 495 g/mol. The van der Waals surface area contributed by atoms with Crippen LogP contribution < -0.4 is 0 Å². The molecule has 1 fully saturated rings. The topological polar surface area (TPSA) is 34.1 Å². The molecule has 3 heteroatoms. The predicted octanol–water partition coefficient (Wildman–Crippen LogP) is 8.15. The Morgan fingerprint density at radius 1 is 0.865 bits per heavy atom. The zero-order chi connectivity index (χ0) is 25.8. The monoisotopic (exact) mass is 494 g/mol. The van der Waals surface area contributed by atoms with Crippen molar-refractivity contribution in [2.24, 2.45) is 11.8 Å². The summed E-state index contributed by atoms with van der Waals surface area (Å²) < 4.78 is 13.6. The van der Waals surface area contributed by atoms with Crippen molar-refractivity contribution in [3.63, 3.8) is 0 Å². The van der Waals surface area contributed by atoms with Gasteiger partial charge in [-0.25, -0.2) is 4.39 Å². The van der Waals surface area contributed by atoms with E-state index in [-0.39, 0.29) is 29.4 Å². The van der Waals surface area contributed by atoms with Crippen LogP contribution in [0.25, 0.3) is 5.57 Å². The van der Waals surface area contributed by atoms with Crippen LogP contribution in [0.2, 0.25) is 0 Å². The highest BCUT2D eigenvalue weighted by molar-refractivity contribution is 5.94. The fraction of sp³-hybridized carbons (Fsp3) is 0.353. The van der Waals surface area contributed by atoms with Gasteiger partial charge in [0.05, 0.1) is 0 Å². The number of ketones is 2. The molecular weight excluding hydrogens is 459 g/mol. The number of carbonyl (C=O) groups is 2. The van der Waals surface area contributed by atoms with Crippen molar-refractivity contribution in [3.05, 3.63) is 113 Å². The molecule has 190 valence electrons. The van der Waals surface area contributed by atoms with Crippen molar-refractivity contribution in [2.75, 3.05) is 0 Å². The SMILES string of the molecule is CC(=O)c1cccc(CCc2ccccc2C2CC(c3ccc(F)cc3)=CC2C(=O)C2CCCCC2)c1. The molecule has 1 saturated carbocycles. The maximum absolute atomic E-state index is 13.9. The molecule has 2 unspecified atom stereocenters. The van der Waals surface area contributed by atoms with Crippen LogP contribution in [0.3, 0.4) is 0 Å². The van der Waals surface area contributed by atoms with Crippen LogP contribution in [0.5, 0.6) is 0 Å². The number of hydrogen-bond donors (Lipinski definition) is 0. The molecule has 5 rings (SSSR count). The van der Waals surface area contributed by atoms with E-state index in [0.717, 1.165) is 67.2 Å². The molecule has 0 bridgehead atoms. The van der Waals surface area contributed by atoms with Gasteiger partial charge in [0.2, 0.25) is 0 Å². The van der Waals surface area contributed by atoms with Crippen molar-refractivity contribution in [1.29, 1.82) is 0 Å². The minimum absolute atomic E-state index is 0.0802. The lowest BCUT2D eigenvalue weighted by Gasteiger charge is -2.27. The molecule has 0 radical (unpaired) electrons. The third-order valence-electron chi connectivity index (χ3n) is 8.28. The van der Waals surface area contributed by atoms with Gasteiger partial charge < -0.3 is 0 Å². The third kappa shape index (κ3) is 5.82. The Morgan fingerprint density at radius 2 is 1.62 bits per heavy atom. The second-order valence-electron chi connectivity index (χ2n) is 10.7. The van der Waals surface area contributed by atoms with Gasteiger partial charge >= 0.3 is 0 Å². The van der Waals surface area contributed by atoms with Crippen molar-refractivity contribution in [2.45, 2.75) is 64.2 Å². The number of rotatable bonds is 8. The summed E-state index contributed by atoms with van der Waals surface area (Å²) >= 11 is 0. The number of aryl methyl sites for hydroxylation is 2. The van der Waals surface area contributed by atoms with E-state index in [0.29, 0.717) is 5.78 Å². The summed E-state index contributed by atoms with van der Waals surface area (Å²) in [7, 11) is 0. The van der Waals surface area contributed by atoms with E-state index in [9.17, 15) is 14.0 Å². The first-order valence-corrected chi connectivity index (χ1v) is 13.7. The Kier molecular flexibility index (Phi) is 7.79. The van der Waals surface area contributed by atoms with Crippen molar-refractivity contribution in [1.82, 2.24) is 0 Å². The smallest absolute Gasteiger partial charge is 0.159 e. The lowest BCUT2D eigenvalue weighted by Crippen LogP contribution is -2.27. The van der Waals surface area contributed by atoms with Crippen LogP contribution in [0, 0.1) is 17.7 Å². The standard InChI is InChI=1S/C34H35FO2/c1-23(36)28-12-7-8-24(20-28)14-15-26-9-5-6-13-31(26)32-21-29(25-16-18-30(35)19-17-25)22-33(32)34(37)27-10-3-2-4-11-27/h5-9,12-13,16-20,22,27,32-33H,2-4,10-11,14-15,21H2,1H3. The van der Waals surface area contributed by atoms with Gasteiger partial charge in [0, 0.05) is 23.3 Å². The van der Waals surface area contributed by atoms with Crippen LogP contribution in [-0.4, -0.2) is 11.6 Å². The minimum Gasteiger partial charge on any atom is -0.299 e. The van der Waals surface area contributed by atoms with Gasteiger partial charge in [-0.2, -0.15) is 0 Å². The predicted molar refractivity (Wildman–Crippen MR) is 147 cm³/mol. The van der Waals surface area contributed by atoms with E-state index >= 15 is 0 Å². The molecule has 0 heterocycles. The summed E-state index contributed by atoms with van der Waals surface area (Å²) in [5.41, 5.74) is 6.54. The fourth-order valence-electron chi connectivity index (χ4n) is 6.23. The number of hydrogen-bond acceptors (Lipinski definition) is 2. The molecule has 0 aromatic heterocycles. The van der Waals surface area contributed by atoms with Gasteiger partial charge in [-0.3, -0.25) is 9.59 Å². The average Bonchev–Trinajstić information content (AvgIpc) is 3.38. The highest BCUT2D eigenvalue weighted by atomic mass is 19.1. The van der Waals surface area contributed by atoms with Crippen molar-refractivity contribution >= 4 is 17.1 Å². The Morgan fingerprint density at radius 3 is 2.38 bits per heavy atom. The molecule has 3 aromatic carbocycles. The molecule has 37 heavy (non-hydrogen) atoms. The molecule has 3 aromatic rings. The van der Waals surface area contributed by atoms with E-state index in [1.54, 1.807) is 6.92 Å². The second kappa shape index (κ2) is 11.4. The van der Waals surface area contributed by atoms with E-state index in [1.807, 2.05) is 30.3 Å². The summed E-state index contributed by atoms with van der Waals surface area (Å²) in [6, 6.07) is 23.1. The zero-order valence-electron chi connectivity index (χ0n) is 21.6. The van der Waals surface area contributed by atoms with E-state index < -0.39 is 0 Å². The lowest BCUT2D eigenvalue weighted by molar-refractivity contribution is -0.126. The quantitative estimate of drug-likeness (QED) is 0.296. The largest absolute Gasteiger partial charge is 0.299 e. The Bertz CT molecular complexity index is 1300. The summed E-state index contributed by atoms with van der Waals surface area (Å²) in [4.78, 5) is 25.7. The Balaban J connectivity index is 1.43. The van der Waals surface area contributed by atoms with Gasteiger partial charge in [-0.1, -0.05) is 79.9 Å². The highest BCUT2D eigenvalue weighted by Gasteiger charge is 2.38. The number of Topliss-reactive ketones (excluding diaryl/α,β-unsaturated/α-hetero) is 2. The molecule has 0 amide bonds. The van der Waals surface area contributed by atoms with Crippen molar-refractivity contribution in [3.8, 4) is 0 Å². The van der Waals surface area contributed by atoms with Crippen LogP contribution in [-0.2, 0) is 17.6 Å². The Labute approximate surface area is 219 Å². The molecule has 2 aliphatic carbocycles. The van der Waals surface area contributed by atoms with E-state index in [4.69, 9.17) is 0 Å². The van der Waals surface area contributed by atoms with Crippen LogP contribution >= 0.6 is 0 Å². The van der Waals surface area contributed by atoms with Gasteiger partial charge in [-0.05, 0) is 85.1 Å². The van der Waals surface area contributed by atoms with E-state index in [1.165, 1.54) is 29.7 Å². The molecule has 0 aliphatic heterocycles. The first kappa shape index (κ1) is 25.3. The summed E-state index contributed by atoms with van der Waals surface area (Å²) in [5, 5.41) is 0. The molecule has 0 saturated heterocycles. The molecular formula is C34H35FO2. The minimum atomic E-state index is -0.243. The molecule has 2 nitrogen and oxygen atoms in total. The Hall–Kier alpha value is -3.33. The second-order valence-corrected chi connectivity index (χ2v) is 10.7. The van der Waals surface area contributed by atoms with Gasteiger partial charge in [-0.15, -0.1) is 0 Å². The zero-order valence-corrected chi connectivity index (χ0v) is 21.6.